The first kappa shape index (κ1) is 26.7. The number of ether oxygens (including phenoxy) is 1. The summed E-state index contributed by atoms with van der Waals surface area (Å²) in [5.41, 5.74) is 4.54. The van der Waals surface area contributed by atoms with E-state index in [4.69, 9.17) is 4.74 Å². The van der Waals surface area contributed by atoms with Crippen LogP contribution in [0.3, 0.4) is 0 Å². The number of anilines is 4. The molecule has 7 nitrogen and oxygen atoms in total. The first-order chi connectivity index (χ1) is 19.3. The molecule has 3 aromatic rings. The minimum absolute atomic E-state index is 0.0521. The third-order valence-electron chi connectivity index (χ3n) is 8.39. The lowest BCUT2D eigenvalue weighted by Crippen LogP contribution is -2.42. The molecule has 1 aliphatic carbocycles. The Morgan fingerprint density at radius 2 is 1.75 bits per heavy atom. The standard InChI is InChI=1S/C31H38F2N6O/c1-19(2)39-13-14-40-30-25(32)15-21(16-28(30)39)29-26(33)18-34-31(36-29)35-22-7-8-27(24(17-22)20-5-6-20)38-11-9-23(10-12-38)37(3)4/h7-8,15-20,23H,5-6,9-14H2,1-4H3,(H,34,35,36). The van der Waals surface area contributed by atoms with E-state index in [0.717, 1.165) is 37.8 Å². The van der Waals surface area contributed by atoms with Crippen molar-refractivity contribution in [1.82, 2.24) is 14.9 Å². The molecule has 0 unspecified atom stereocenters. The van der Waals surface area contributed by atoms with Crippen molar-refractivity contribution in [2.24, 2.45) is 0 Å². The van der Waals surface area contributed by atoms with Crippen molar-refractivity contribution in [3.05, 3.63) is 53.7 Å². The molecule has 2 aliphatic heterocycles. The summed E-state index contributed by atoms with van der Waals surface area (Å²) >= 11 is 0. The van der Waals surface area contributed by atoms with Gasteiger partial charge in [0.05, 0.1) is 18.4 Å². The van der Waals surface area contributed by atoms with Gasteiger partial charge in [-0.2, -0.15) is 0 Å². The Balaban J connectivity index is 1.27. The van der Waals surface area contributed by atoms with Gasteiger partial charge in [-0.1, -0.05) is 0 Å². The molecule has 9 heteroatoms. The van der Waals surface area contributed by atoms with E-state index in [9.17, 15) is 4.39 Å². The van der Waals surface area contributed by atoms with Crippen LogP contribution in [0.5, 0.6) is 5.75 Å². The lowest BCUT2D eigenvalue weighted by Gasteiger charge is -2.37. The number of hydrogen-bond acceptors (Lipinski definition) is 7. The summed E-state index contributed by atoms with van der Waals surface area (Å²) in [6.45, 7) is 7.24. The molecule has 40 heavy (non-hydrogen) atoms. The fourth-order valence-electron chi connectivity index (χ4n) is 6.00. The van der Waals surface area contributed by atoms with Gasteiger partial charge in [0.2, 0.25) is 5.95 Å². The van der Waals surface area contributed by atoms with Crippen LogP contribution in [0, 0.1) is 11.6 Å². The van der Waals surface area contributed by atoms with Gasteiger partial charge in [0.15, 0.2) is 17.4 Å². The molecule has 2 aromatic carbocycles. The Labute approximate surface area is 235 Å². The van der Waals surface area contributed by atoms with E-state index in [0.29, 0.717) is 36.4 Å². The van der Waals surface area contributed by atoms with E-state index in [1.165, 1.54) is 30.2 Å². The number of rotatable bonds is 7. The van der Waals surface area contributed by atoms with Crippen LogP contribution < -0.4 is 19.9 Å². The average Bonchev–Trinajstić information content (AvgIpc) is 3.79. The van der Waals surface area contributed by atoms with Gasteiger partial charge < -0.3 is 24.8 Å². The number of hydrogen-bond donors (Lipinski definition) is 1. The van der Waals surface area contributed by atoms with Crippen LogP contribution in [0.15, 0.2) is 36.5 Å². The normalized spacial score (nSPS) is 17.8. The predicted molar refractivity (Wildman–Crippen MR) is 156 cm³/mol. The summed E-state index contributed by atoms with van der Waals surface area (Å²) in [5.74, 6) is -0.0851. The second-order valence-corrected chi connectivity index (χ2v) is 11.7. The van der Waals surface area contributed by atoms with Crippen LogP contribution >= 0.6 is 0 Å². The van der Waals surface area contributed by atoms with Gasteiger partial charge in [-0.25, -0.2) is 18.7 Å². The Hall–Kier alpha value is -3.46. The summed E-state index contributed by atoms with van der Waals surface area (Å²) in [6, 6.07) is 10.2. The zero-order chi connectivity index (χ0) is 28.0. The Morgan fingerprint density at radius 1 is 0.975 bits per heavy atom. The predicted octanol–water partition coefficient (Wildman–Crippen LogP) is 6.18. The second kappa shape index (κ2) is 10.8. The summed E-state index contributed by atoms with van der Waals surface area (Å²) in [6.07, 6.45) is 5.86. The van der Waals surface area contributed by atoms with Gasteiger partial charge in [-0.05, 0) is 95.4 Å². The van der Waals surface area contributed by atoms with Gasteiger partial charge in [0.1, 0.15) is 12.3 Å². The van der Waals surface area contributed by atoms with Crippen LogP contribution in [-0.2, 0) is 0 Å². The molecule has 6 rings (SSSR count). The van der Waals surface area contributed by atoms with Crippen molar-refractivity contribution in [2.45, 2.75) is 57.5 Å². The zero-order valence-electron chi connectivity index (χ0n) is 23.8. The fraction of sp³-hybridized carbons (Fsp3) is 0.484. The fourth-order valence-corrected chi connectivity index (χ4v) is 6.00. The van der Waals surface area contributed by atoms with E-state index >= 15 is 4.39 Å². The molecule has 0 radical (unpaired) electrons. The number of piperidine rings is 1. The lowest BCUT2D eigenvalue weighted by molar-refractivity contribution is 0.249. The Morgan fingerprint density at radius 3 is 2.45 bits per heavy atom. The molecule has 2 fully saturated rings. The van der Waals surface area contributed by atoms with E-state index in [-0.39, 0.29) is 23.4 Å². The quantitative estimate of drug-likeness (QED) is 0.378. The maximum Gasteiger partial charge on any atom is 0.227 e. The number of halogens is 2. The molecule has 0 spiro atoms. The van der Waals surface area contributed by atoms with Crippen LogP contribution in [-0.4, -0.2) is 67.3 Å². The number of benzene rings is 2. The molecular weight excluding hydrogens is 510 g/mol. The van der Waals surface area contributed by atoms with E-state index in [2.05, 4.69) is 56.2 Å². The topological polar surface area (TPSA) is 56.8 Å². The second-order valence-electron chi connectivity index (χ2n) is 11.7. The van der Waals surface area contributed by atoms with Crippen molar-refractivity contribution in [3.8, 4) is 17.0 Å². The molecule has 0 atom stereocenters. The highest BCUT2D eigenvalue weighted by atomic mass is 19.1. The van der Waals surface area contributed by atoms with Crippen molar-refractivity contribution in [3.63, 3.8) is 0 Å². The van der Waals surface area contributed by atoms with Gasteiger partial charge in [-0.15, -0.1) is 0 Å². The highest BCUT2D eigenvalue weighted by Gasteiger charge is 2.30. The van der Waals surface area contributed by atoms with Gasteiger partial charge in [-0.3, -0.25) is 0 Å². The molecule has 3 aliphatic rings. The van der Waals surface area contributed by atoms with Crippen LogP contribution in [0.4, 0.5) is 31.8 Å². The van der Waals surface area contributed by atoms with Gasteiger partial charge >= 0.3 is 0 Å². The Kier molecular flexibility index (Phi) is 7.25. The molecular formula is C31H38F2N6O. The third kappa shape index (κ3) is 5.31. The van der Waals surface area contributed by atoms with E-state index < -0.39 is 11.6 Å². The largest absolute Gasteiger partial charge is 0.486 e. The lowest BCUT2D eigenvalue weighted by atomic mass is 10.0. The Bertz CT molecular complexity index is 1380. The molecule has 1 saturated heterocycles. The van der Waals surface area contributed by atoms with E-state index in [1.807, 2.05) is 19.9 Å². The summed E-state index contributed by atoms with van der Waals surface area (Å²) in [5, 5.41) is 3.28. The first-order valence-electron chi connectivity index (χ1n) is 14.4. The SMILES string of the molecule is CC(C)N1CCOc2c(F)cc(-c3nc(Nc4ccc(N5CCC(N(C)C)CC5)c(C5CC5)c4)ncc3F)cc21. The van der Waals surface area contributed by atoms with Gasteiger partial charge in [0, 0.05) is 42.1 Å². The molecule has 0 bridgehead atoms. The maximum absolute atomic E-state index is 15.1. The zero-order valence-corrected chi connectivity index (χ0v) is 23.8. The molecule has 1 saturated carbocycles. The van der Waals surface area contributed by atoms with Crippen LogP contribution in [0.2, 0.25) is 0 Å². The highest BCUT2D eigenvalue weighted by Crippen LogP contribution is 2.46. The number of nitrogens with one attached hydrogen (secondary N) is 1. The molecule has 0 amide bonds. The van der Waals surface area contributed by atoms with Crippen molar-refractivity contribution < 1.29 is 13.5 Å². The minimum Gasteiger partial charge on any atom is -0.486 e. The van der Waals surface area contributed by atoms with Gasteiger partial charge in [0.25, 0.3) is 0 Å². The number of fused-ring (bicyclic) bond motifs is 1. The average molecular weight is 549 g/mol. The van der Waals surface area contributed by atoms with Crippen molar-refractivity contribution in [1.29, 1.82) is 0 Å². The van der Waals surface area contributed by atoms with E-state index in [1.54, 1.807) is 6.07 Å². The monoisotopic (exact) mass is 548 g/mol. The number of nitrogens with zero attached hydrogens (tertiary/aromatic N) is 5. The molecule has 212 valence electrons. The summed E-state index contributed by atoms with van der Waals surface area (Å²) in [4.78, 5) is 15.6. The highest BCUT2D eigenvalue weighted by molar-refractivity contribution is 5.73. The molecule has 1 N–H and O–H groups in total. The van der Waals surface area contributed by atoms with Crippen molar-refractivity contribution in [2.75, 3.05) is 55.5 Å². The smallest absolute Gasteiger partial charge is 0.227 e. The van der Waals surface area contributed by atoms with Crippen molar-refractivity contribution >= 4 is 23.0 Å². The summed E-state index contributed by atoms with van der Waals surface area (Å²) < 4.78 is 35.7. The van der Waals surface area contributed by atoms with Crippen LogP contribution in [0.1, 0.15) is 51.0 Å². The number of aromatic nitrogens is 2. The maximum atomic E-state index is 15.1. The minimum atomic E-state index is -0.604. The summed E-state index contributed by atoms with van der Waals surface area (Å²) in [7, 11) is 4.33. The third-order valence-corrected chi connectivity index (χ3v) is 8.39. The van der Waals surface area contributed by atoms with Crippen LogP contribution in [0.25, 0.3) is 11.3 Å². The molecule has 3 heterocycles. The first-order valence-corrected chi connectivity index (χ1v) is 14.4. The molecule has 1 aromatic heterocycles.